The van der Waals surface area contributed by atoms with Gasteiger partial charge in [-0.25, -0.2) is 4.98 Å². The molecule has 4 heteroatoms. The Labute approximate surface area is 102 Å². The molecular weight excluding hydrogens is 214 g/mol. The van der Waals surface area contributed by atoms with Crippen molar-refractivity contribution in [1.82, 2.24) is 4.98 Å². The number of likely N-dealkylation sites (N-methyl/N-ethyl adjacent to an activating group) is 1. The van der Waals surface area contributed by atoms with E-state index in [1.165, 1.54) is 0 Å². The first-order chi connectivity index (χ1) is 8.35. The molecule has 0 amide bonds. The monoisotopic (exact) mass is 231 g/mol. The number of rotatable bonds is 4. The molecule has 90 valence electrons. The van der Waals surface area contributed by atoms with E-state index in [2.05, 4.69) is 22.9 Å². The van der Waals surface area contributed by atoms with Gasteiger partial charge in [-0.1, -0.05) is 0 Å². The van der Waals surface area contributed by atoms with E-state index in [1.807, 2.05) is 0 Å². The number of aromatic nitrogens is 1. The Morgan fingerprint density at radius 2 is 2.53 bits per heavy atom. The Kier molecular flexibility index (Phi) is 3.94. The number of hydrogen-bond acceptors (Lipinski definition) is 4. The summed E-state index contributed by atoms with van der Waals surface area (Å²) in [6.45, 7) is 4.59. The van der Waals surface area contributed by atoms with Gasteiger partial charge in [0.05, 0.1) is 11.7 Å². The number of ether oxygens (including phenoxy) is 1. The van der Waals surface area contributed by atoms with Crippen molar-refractivity contribution >= 4 is 5.82 Å². The molecule has 1 aromatic rings. The van der Waals surface area contributed by atoms with Crippen molar-refractivity contribution in [2.24, 2.45) is 0 Å². The predicted octanol–water partition coefficient (Wildman–Crippen LogP) is 1.96. The second-order valence-corrected chi connectivity index (χ2v) is 4.16. The summed E-state index contributed by atoms with van der Waals surface area (Å²) in [6.07, 6.45) is 4.25. The molecular formula is C13H17N3O. The molecule has 1 aliphatic rings. The fourth-order valence-corrected chi connectivity index (χ4v) is 2.14. The zero-order valence-electron chi connectivity index (χ0n) is 10.1. The number of hydrogen-bond donors (Lipinski definition) is 0. The molecule has 17 heavy (non-hydrogen) atoms. The van der Waals surface area contributed by atoms with Gasteiger partial charge >= 0.3 is 0 Å². The van der Waals surface area contributed by atoms with Gasteiger partial charge in [0.1, 0.15) is 11.9 Å². The van der Waals surface area contributed by atoms with Gasteiger partial charge < -0.3 is 9.64 Å². The highest BCUT2D eigenvalue weighted by Crippen LogP contribution is 2.20. The summed E-state index contributed by atoms with van der Waals surface area (Å²) in [5.41, 5.74) is 0.632. The first-order valence-corrected chi connectivity index (χ1v) is 6.06. The minimum atomic E-state index is 0.281. The standard InChI is InChI=1S/C13H17N3O/c1-2-16(10-12-6-4-8-17-12)13-11(9-14)5-3-7-15-13/h3,5,7,12H,2,4,6,8,10H2,1H3. The predicted molar refractivity (Wildman–Crippen MR) is 65.8 cm³/mol. The van der Waals surface area contributed by atoms with Crippen LogP contribution >= 0.6 is 0 Å². The van der Waals surface area contributed by atoms with Crippen molar-refractivity contribution in [3.05, 3.63) is 23.9 Å². The largest absolute Gasteiger partial charge is 0.376 e. The molecule has 1 saturated heterocycles. The van der Waals surface area contributed by atoms with Crippen LogP contribution in [-0.2, 0) is 4.74 Å². The fraction of sp³-hybridized carbons (Fsp3) is 0.538. The molecule has 2 heterocycles. The maximum absolute atomic E-state index is 9.08. The van der Waals surface area contributed by atoms with E-state index in [4.69, 9.17) is 10.00 Å². The minimum absolute atomic E-state index is 0.281. The Morgan fingerprint density at radius 3 is 3.18 bits per heavy atom. The molecule has 4 nitrogen and oxygen atoms in total. The van der Waals surface area contributed by atoms with Gasteiger partial charge in [-0.05, 0) is 31.9 Å². The Morgan fingerprint density at radius 1 is 1.65 bits per heavy atom. The lowest BCUT2D eigenvalue weighted by molar-refractivity contribution is 0.115. The fourth-order valence-electron chi connectivity index (χ4n) is 2.14. The van der Waals surface area contributed by atoms with Gasteiger partial charge in [-0.2, -0.15) is 5.26 Å². The van der Waals surface area contributed by atoms with Crippen molar-refractivity contribution in [3.63, 3.8) is 0 Å². The molecule has 2 rings (SSSR count). The van der Waals surface area contributed by atoms with Crippen LogP contribution in [0.4, 0.5) is 5.82 Å². The maximum atomic E-state index is 9.08. The van der Waals surface area contributed by atoms with Crippen molar-refractivity contribution < 1.29 is 4.74 Å². The zero-order valence-corrected chi connectivity index (χ0v) is 10.1. The number of anilines is 1. The van der Waals surface area contributed by atoms with Crippen molar-refractivity contribution in [2.45, 2.75) is 25.9 Å². The SMILES string of the molecule is CCN(CC1CCCO1)c1ncccc1C#N. The highest BCUT2D eigenvalue weighted by atomic mass is 16.5. The lowest BCUT2D eigenvalue weighted by Gasteiger charge is -2.25. The summed E-state index contributed by atoms with van der Waals surface area (Å²) in [5.74, 6) is 0.771. The van der Waals surface area contributed by atoms with Crippen LogP contribution in [-0.4, -0.2) is 30.8 Å². The average Bonchev–Trinajstić information content (AvgIpc) is 2.89. The summed E-state index contributed by atoms with van der Waals surface area (Å²) in [5, 5.41) is 9.08. The molecule has 0 N–H and O–H groups in total. The molecule has 1 unspecified atom stereocenters. The van der Waals surface area contributed by atoms with Gasteiger partial charge in [0.15, 0.2) is 0 Å². The number of nitriles is 1. The molecule has 1 aliphatic heterocycles. The first kappa shape index (κ1) is 11.9. The third-order valence-corrected chi connectivity index (χ3v) is 3.04. The molecule has 0 aromatic carbocycles. The van der Waals surface area contributed by atoms with E-state index in [0.717, 1.165) is 38.4 Å². The third-order valence-electron chi connectivity index (χ3n) is 3.04. The molecule has 0 radical (unpaired) electrons. The van der Waals surface area contributed by atoms with Gasteiger partial charge in [0, 0.05) is 25.9 Å². The van der Waals surface area contributed by atoms with Gasteiger partial charge in [0.2, 0.25) is 0 Å². The van der Waals surface area contributed by atoms with E-state index in [1.54, 1.807) is 18.3 Å². The summed E-state index contributed by atoms with van der Waals surface area (Å²) in [6, 6.07) is 5.79. The van der Waals surface area contributed by atoms with Gasteiger partial charge in [0.25, 0.3) is 0 Å². The molecule has 0 saturated carbocycles. The Hall–Kier alpha value is -1.60. The van der Waals surface area contributed by atoms with Crippen LogP contribution < -0.4 is 4.90 Å². The van der Waals surface area contributed by atoms with E-state index in [-0.39, 0.29) is 6.10 Å². The van der Waals surface area contributed by atoms with Crippen LogP contribution in [0.1, 0.15) is 25.3 Å². The van der Waals surface area contributed by atoms with Crippen LogP contribution in [0.2, 0.25) is 0 Å². The van der Waals surface area contributed by atoms with Crippen LogP contribution in [0.15, 0.2) is 18.3 Å². The van der Waals surface area contributed by atoms with Gasteiger partial charge in [-0.15, -0.1) is 0 Å². The van der Waals surface area contributed by atoms with E-state index in [0.29, 0.717) is 5.56 Å². The van der Waals surface area contributed by atoms with Crippen LogP contribution in [0.3, 0.4) is 0 Å². The smallest absolute Gasteiger partial charge is 0.146 e. The van der Waals surface area contributed by atoms with Crippen molar-refractivity contribution in [2.75, 3.05) is 24.6 Å². The normalized spacial score (nSPS) is 18.9. The molecule has 1 fully saturated rings. The highest BCUT2D eigenvalue weighted by Gasteiger charge is 2.20. The summed E-state index contributed by atoms with van der Waals surface area (Å²) in [7, 11) is 0. The second-order valence-electron chi connectivity index (χ2n) is 4.16. The van der Waals surface area contributed by atoms with Crippen LogP contribution in [0.5, 0.6) is 0 Å². The molecule has 0 spiro atoms. The Bertz CT molecular complexity index is 407. The first-order valence-electron chi connectivity index (χ1n) is 6.06. The molecule has 0 aliphatic carbocycles. The van der Waals surface area contributed by atoms with Crippen molar-refractivity contribution in [1.29, 1.82) is 5.26 Å². The van der Waals surface area contributed by atoms with E-state index < -0.39 is 0 Å². The molecule has 1 aromatic heterocycles. The highest BCUT2D eigenvalue weighted by molar-refractivity contribution is 5.53. The lowest BCUT2D eigenvalue weighted by atomic mass is 10.2. The summed E-state index contributed by atoms with van der Waals surface area (Å²) < 4.78 is 5.63. The van der Waals surface area contributed by atoms with Crippen LogP contribution in [0.25, 0.3) is 0 Å². The molecule has 0 bridgehead atoms. The molecule has 1 atom stereocenters. The Balaban J connectivity index is 2.14. The summed E-state index contributed by atoms with van der Waals surface area (Å²) >= 11 is 0. The second kappa shape index (κ2) is 5.65. The lowest BCUT2D eigenvalue weighted by Crippen LogP contribution is -2.33. The third kappa shape index (κ3) is 2.75. The summed E-state index contributed by atoms with van der Waals surface area (Å²) in [4.78, 5) is 6.43. The zero-order chi connectivity index (χ0) is 12.1. The van der Waals surface area contributed by atoms with Crippen LogP contribution in [0, 0.1) is 11.3 Å². The van der Waals surface area contributed by atoms with E-state index >= 15 is 0 Å². The quantitative estimate of drug-likeness (QED) is 0.794. The maximum Gasteiger partial charge on any atom is 0.146 e. The van der Waals surface area contributed by atoms with Crippen molar-refractivity contribution in [3.8, 4) is 6.07 Å². The van der Waals surface area contributed by atoms with Gasteiger partial charge in [-0.3, -0.25) is 0 Å². The minimum Gasteiger partial charge on any atom is -0.376 e. The average molecular weight is 231 g/mol. The topological polar surface area (TPSA) is 49.1 Å². The number of nitrogens with zero attached hydrogens (tertiary/aromatic N) is 3. The van der Waals surface area contributed by atoms with E-state index in [9.17, 15) is 0 Å². The number of pyridine rings is 1.